The lowest BCUT2D eigenvalue weighted by molar-refractivity contribution is 0.0730. The van der Waals surface area contributed by atoms with Crippen LogP contribution in [0.3, 0.4) is 0 Å². The predicted molar refractivity (Wildman–Crippen MR) is 164 cm³/mol. The lowest BCUT2D eigenvalue weighted by Gasteiger charge is -2.09. The van der Waals surface area contributed by atoms with Crippen LogP contribution in [0.2, 0.25) is 0 Å². The maximum atomic E-state index is 12.6. The number of ether oxygens (including phenoxy) is 4. The van der Waals surface area contributed by atoms with Crippen molar-refractivity contribution in [3.8, 4) is 23.0 Å². The lowest BCUT2D eigenvalue weighted by Crippen LogP contribution is -2.12. The molecule has 43 heavy (non-hydrogen) atoms. The van der Waals surface area contributed by atoms with E-state index in [1.807, 2.05) is 12.1 Å². The summed E-state index contributed by atoms with van der Waals surface area (Å²) in [6.45, 7) is 5.48. The molecular weight excluding hydrogens is 546 g/mol. The monoisotopic (exact) mass is 581 g/mol. The maximum absolute atomic E-state index is 12.6. The minimum atomic E-state index is -0.588. The number of hydrogen-bond acceptors (Lipinski definition) is 7. The van der Waals surface area contributed by atoms with E-state index in [0.29, 0.717) is 41.5 Å². The molecule has 0 saturated carbocycles. The standard InChI is InChI=1S/C35H35NO7/c1-3-5-23-40-29-15-9-26(10-16-29)34(38)43-32-19-11-27(12-20-32)35(39)42-31-17-7-25(8-18-31)33(37)36-28-13-21-30(22-14-28)41-24-6-4-2/h7-22H,3-6,23-24H2,1-2H3,(H,36,37). The normalized spacial score (nSPS) is 10.5. The van der Waals surface area contributed by atoms with Gasteiger partial charge in [0.2, 0.25) is 0 Å². The smallest absolute Gasteiger partial charge is 0.343 e. The zero-order chi connectivity index (χ0) is 30.4. The number of rotatable bonds is 14. The highest BCUT2D eigenvalue weighted by Gasteiger charge is 2.13. The zero-order valence-electron chi connectivity index (χ0n) is 24.3. The number of esters is 2. The summed E-state index contributed by atoms with van der Waals surface area (Å²) in [4.78, 5) is 37.8. The lowest BCUT2D eigenvalue weighted by atomic mass is 10.2. The quantitative estimate of drug-likeness (QED) is 0.0924. The molecule has 0 aliphatic heterocycles. The van der Waals surface area contributed by atoms with Gasteiger partial charge < -0.3 is 24.3 Å². The molecule has 1 amide bonds. The van der Waals surface area contributed by atoms with Crippen molar-refractivity contribution in [2.45, 2.75) is 39.5 Å². The van der Waals surface area contributed by atoms with Gasteiger partial charge >= 0.3 is 11.9 Å². The molecule has 0 spiro atoms. The predicted octanol–water partition coefficient (Wildman–Crippen LogP) is 7.74. The van der Waals surface area contributed by atoms with Gasteiger partial charge in [-0.15, -0.1) is 0 Å². The van der Waals surface area contributed by atoms with Crippen LogP contribution in [0.1, 0.15) is 70.6 Å². The van der Waals surface area contributed by atoms with Gasteiger partial charge in [0.1, 0.15) is 23.0 Å². The average Bonchev–Trinajstić information content (AvgIpc) is 3.03. The Labute approximate surface area is 251 Å². The molecule has 0 heterocycles. The Morgan fingerprint density at radius 2 is 0.884 bits per heavy atom. The van der Waals surface area contributed by atoms with Gasteiger partial charge in [-0.1, -0.05) is 26.7 Å². The van der Waals surface area contributed by atoms with Gasteiger partial charge in [0, 0.05) is 11.3 Å². The van der Waals surface area contributed by atoms with E-state index in [1.165, 1.54) is 24.3 Å². The maximum Gasteiger partial charge on any atom is 0.343 e. The fourth-order valence-corrected chi connectivity index (χ4v) is 3.86. The van der Waals surface area contributed by atoms with Gasteiger partial charge in [-0.2, -0.15) is 0 Å². The first-order valence-electron chi connectivity index (χ1n) is 14.4. The molecule has 0 aliphatic rings. The van der Waals surface area contributed by atoms with Crippen LogP contribution in [0, 0.1) is 0 Å². The molecule has 8 nitrogen and oxygen atoms in total. The SMILES string of the molecule is CCCCOc1ccc(NC(=O)c2ccc(OC(=O)c3ccc(OC(=O)c4ccc(OCCCC)cc4)cc3)cc2)cc1. The number of unbranched alkanes of at least 4 members (excludes halogenated alkanes) is 2. The van der Waals surface area contributed by atoms with E-state index in [-0.39, 0.29) is 17.2 Å². The minimum Gasteiger partial charge on any atom is -0.494 e. The third-order valence-electron chi connectivity index (χ3n) is 6.36. The largest absolute Gasteiger partial charge is 0.494 e. The number of amides is 1. The van der Waals surface area contributed by atoms with Crippen molar-refractivity contribution in [2.75, 3.05) is 18.5 Å². The van der Waals surface area contributed by atoms with Crippen molar-refractivity contribution in [1.82, 2.24) is 0 Å². The molecular formula is C35H35NO7. The molecule has 0 fully saturated rings. The second-order valence-corrected chi connectivity index (χ2v) is 9.73. The summed E-state index contributed by atoms with van der Waals surface area (Å²) in [5, 5.41) is 2.84. The van der Waals surface area contributed by atoms with Crippen LogP contribution in [0.4, 0.5) is 5.69 Å². The molecule has 0 saturated heterocycles. The summed E-state index contributed by atoms with van der Waals surface area (Å²) in [6, 6.07) is 26.3. The van der Waals surface area contributed by atoms with E-state index < -0.39 is 11.9 Å². The second kappa shape index (κ2) is 15.8. The van der Waals surface area contributed by atoms with Crippen molar-refractivity contribution in [3.05, 3.63) is 114 Å². The molecule has 0 radical (unpaired) electrons. The van der Waals surface area contributed by atoms with Crippen molar-refractivity contribution in [3.63, 3.8) is 0 Å². The van der Waals surface area contributed by atoms with Crippen LogP contribution < -0.4 is 24.3 Å². The summed E-state index contributed by atoms with van der Waals surface area (Å²) in [6.07, 6.45) is 4.05. The Hall–Kier alpha value is -5.11. The molecule has 0 bridgehead atoms. The van der Waals surface area contributed by atoms with Crippen LogP contribution >= 0.6 is 0 Å². The molecule has 4 rings (SSSR count). The molecule has 222 valence electrons. The van der Waals surface area contributed by atoms with Gasteiger partial charge in [0.25, 0.3) is 5.91 Å². The number of benzene rings is 4. The molecule has 0 aliphatic carbocycles. The molecule has 4 aromatic carbocycles. The Morgan fingerprint density at radius 3 is 1.30 bits per heavy atom. The van der Waals surface area contributed by atoms with Crippen molar-refractivity contribution in [2.24, 2.45) is 0 Å². The molecule has 0 atom stereocenters. The summed E-state index contributed by atoms with van der Waals surface area (Å²) in [7, 11) is 0. The Bertz CT molecular complexity index is 1480. The number of carbonyl (C=O) groups excluding carboxylic acids is 3. The van der Waals surface area contributed by atoms with E-state index in [9.17, 15) is 14.4 Å². The summed E-state index contributed by atoms with van der Waals surface area (Å²) >= 11 is 0. The van der Waals surface area contributed by atoms with E-state index >= 15 is 0 Å². The average molecular weight is 582 g/mol. The number of anilines is 1. The topological polar surface area (TPSA) is 100 Å². The van der Waals surface area contributed by atoms with Crippen molar-refractivity contribution >= 4 is 23.5 Å². The Balaban J connectivity index is 1.25. The van der Waals surface area contributed by atoms with Gasteiger partial charge in [-0.05, 0) is 110 Å². The minimum absolute atomic E-state index is 0.275. The molecule has 4 aromatic rings. The third kappa shape index (κ3) is 9.46. The van der Waals surface area contributed by atoms with Crippen LogP contribution in [0.5, 0.6) is 23.0 Å². The third-order valence-corrected chi connectivity index (χ3v) is 6.36. The fourth-order valence-electron chi connectivity index (χ4n) is 3.86. The number of hydrogen-bond donors (Lipinski definition) is 1. The summed E-state index contributed by atoms with van der Waals surface area (Å²) < 4.78 is 22.1. The highest BCUT2D eigenvalue weighted by molar-refractivity contribution is 6.04. The first-order valence-corrected chi connectivity index (χ1v) is 14.4. The van der Waals surface area contributed by atoms with Crippen LogP contribution in [0.25, 0.3) is 0 Å². The van der Waals surface area contributed by atoms with Gasteiger partial charge in [0.05, 0.1) is 24.3 Å². The van der Waals surface area contributed by atoms with E-state index in [1.54, 1.807) is 60.7 Å². The Morgan fingerprint density at radius 1 is 0.512 bits per heavy atom. The van der Waals surface area contributed by atoms with Crippen LogP contribution in [0.15, 0.2) is 97.1 Å². The number of carbonyl (C=O) groups is 3. The summed E-state index contributed by atoms with van der Waals surface area (Å²) in [5.74, 6) is 0.622. The van der Waals surface area contributed by atoms with Crippen molar-refractivity contribution < 1.29 is 33.3 Å². The number of nitrogens with one attached hydrogen (secondary N) is 1. The van der Waals surface area contributed by atoms with E-state index in [4.69, 9.17) is 18.9 Å². The van der Waals surface area contributed by atoms with Crippen LogP contribution in [-0.4, -0.2) is 31.1 Å². The molecule has 8 heteroatoms. The first-order chi connectivity index (χ1) is 20.9. The molecule has 1 N–H and O–H groups in total. The Kier molecular flexibility index (Phi) is 11.3. The van der Waals surface area contributed by atoms with Gasteiger partial charge in [-0.25, -0.2) is 9.59 Å². The van der Waals surface area contributed by atoms with Gasteiger partial charge in [-0.3, -0.25) is 4.79 Å². The highest BCUT2D eigenvalue weighted by atomic mass is 16.5. The molecule has 0 unspecified atom stereocenters. The van der Waals surface area contributed by atoms with Gasteiger partial charge in [0.15, 0.2) is 0 Å². The summed E-state index contributed by atoms with van der Waals surface area (Å²) in [5.41, 5.74) is 1.71. The van der Waals surface area contributed by atoms with E-state index in [0.717, 1.165) is 31.4 Å². The first kappa shape index (κ1) is 30.8. The van der Waals surface area contributed by atoms with Crippen LogP contribution in [-0.2, 0) is 0 Å². The fraction of sp³-hybridized carbons (Fsp3) is 0.229. The second-order valence-electron chi connectivity index (χ2n) is 9.73. The zero-order valence-corrected chi connectivity index (χ0v) is 24.3. The highest BCUT2D eigenvalue weighted by Crippen LogP contribution is 2.21. The van der Waals surface area contributed by atoms with E-state index in [2.05, 4.69) is 19.2 Å². The molecule has 0 aromatic heterocycles. The van der Waals surface area contributed by atoms with Crippen molar-refractivity contribution in [1.29, 1.82) is 0 Å².